The first kappa shape index (κ1) is 24.9. The molecule has 2 bridgehead atoms. The summed E-state index contributed by atoms with van der Waals surface area (Å²) in [7, 11) is 1.88. The lowest BCUT2D eigenvalue weighted by molar-refractivity contribution is 0.188. The van der Waals surface area contributed by atoms with Crippen molar-refractivity contribution in [2.24, 2.45) is 0 Å². The van der Waals surface area contributed by atoms with E-state index in [4.69, 9.17) is 21.3 Å². The molecule has 39 heavy (non-hydrogen) atoms. The molecule has 3 aliphatic heterocycles. The fraction of sp³-hybridized carbons (Fsp3) is 0.414. The summed E-state index contributed by atoms with van der Waals surface area (Å²) < 4.78 is 36.4. The molecule has 202 valence electrons. The van der Waals surface area contributed by atoms with Gasteiger partial charge in [-0.3, -0.25) is 9.88 Å². The number of nitrogens with one attached hydrogen (secondary N) is 1. The number of likely N-dealkylation sites (N-methyl/N-ethyl adjacent to an activating group) is 1. The van der Waals surface area contributed by atoms with Crippen LogP contribution in [-0.2, 0) is 0 Å². The van der Waals surface area contributed by atoms with E-state index in [9.17, 15) is 4.39 Å². The summed E-state index contributed by atoms with van der Waals surface area (Å²) in [6, 6.07) is 12.0. The van der Waals surface area contributed by atoms with Gasteiger partial charge in [0.1, 0.15) is 29.8 Å². The van der Waals surface area contributed by atoms with Crippen LogP contribution in [0, 0.1) is 5.82 Å². The smallest absolute Gasteiger partial charge is 0.319 e. The van der Waals surface area contributed by atoms with Gasteiger partial charge in [0.2, 0.25) is 0 Å². The van der Waals surface area contributed by atoms with Crippen molar-refractivity contribution in [2.75, 3.05) is 38.2 Å². The molecule has 4 aromatic rings. The zero-order valence-electron chi connectivity index (χ0n) is 21.6. The van der Waals surface area contributed by atoms with E-state index < -0.39 is 12.0 Å². The van der Waals surface area contributed by atoms with E-state index in [1.165, 1.54) is 0 Å². The molecule has 3 fully saturated rings. The molecule has 7 nitrogen and oxygen atoms in total. The van der Waals surface area contributed by atoms with Crippen LogP contribution in [0.3, 0.4) is 0 Å². The fourth-order valence-corrected chi connectivity index (χ4v) is 6.64. The van der Waals surface area contributed by atoms with Crippen LogP contribution in [0.2, 0.25) is 5.02 Å². The van der Waals surface area contributed by atoms with E-state index >= 15 is 4.39 Å². The number of hydrogen-bond acceptors (Lipinski definition) is 7. The number of fused-ring (bicyclic) bond motifs is 4. The van der Waals surface area contributed by atoms with E-state index in [2.05, 4.69) is 20.2 Å². The van der Waals surface area contributed by atoms with E-state index in [1.807, 2.05) is 42.3 Å². The number of anilines is 1. The summed E-state index contributed by atoms with van der Waals surface area (Å²) in [5.41, 5.74) is 0.924. The largest absolute Gasteiger partial charge is 0.462 e. The number of halogens is 3. The van der Waals surface area contributed by atoms with Gasteiger partial charge in [0.25, 0.3) is 0 Å². The fourth-order valence-electron chi connectivity index (χ4n) is 6.35. The van der Waals surface area contributed by atoms with Gasteiger partial charge in [0, 0.05) is 59.9 Å². The van der Waals surface area contributed by atoms with Crippen molar-refractivity contribution in [1.29, 1.82) is 0 Å². The molecule has 5 heterocycles. The minimum absolute atomic E-state index is 0.0890. The molecule has 0 aliphatic carbocycles. The van der Waals surface area contributed by atoms with Gasteiger partial charge in [-0.25, -0.2) is 8.78 Å². The van der Waals surface area contributed by atoms with E-state index in [-0.39, 0.29) is 29.9 Å². The minimum atomic E-state index is -0.883. The zero-order valence-corrected chi connectivity index (χ0v) is 22.3. The number of benzene rings is 2. The van der Waals surface area contributed by atoms with Crippen molar-refractivity contribution >= 4 is 39.1 Å². The van der Waals surface area contributed by atoms with Crippen molar-refractivity contribution in [3.8, 4) is 17.3 Å². The van der Waals surface area contributed by atoms with Gasteiger partial charge in [0.15, 0.2) is 5.82 Å². The zero-order chi connectivity index (χ0) is 26.7. The summed E-state index contributed by atoms with van der Waals surface area (Å²) in [6.45, 7) is 2.13. The highest BCUT2D eigenvalue weighted by molar-refractivity contribution is 6.36. The molecule has 2 aromatic carbocycles. The van der Waals surface area contributed by atoms with Crippen LogP contribution < -0.4 is 15.0 Å². The molecular formula is C29H29ClF2N6O. The number of pyridine rings is 1. The number of aromatic nitrogens is 3. The standard InChI is InChI=1S/C29H29ClF2N6O/c1-37-12-17(31)10-20(37)15-39-29-35-27-22(28(36-29)38-13-18-8-9-19(14-38)34-18)11-33-26(25(27)32)21-6-2-4-16-5-3-7-23(30)24(16)21/h2-7,11,17-20,34H,8-10,12-15H2,1H3/t17-,18?,19?,20+/m1/s1. The Morgan fingerprint density at radius 3 is 2.59 bits per heavy atom. The van der Waals surface area contributed by atoms with Gasteiger partial charge in [-0.05, 0) is 37.8 Å². The monoisotopic (exact) mass is 550 g/mol. The lowest BCUT2D eigenvalue weighted by Gasteiger charge is -2.34. The Balaban J connectivity index is 1.34. The third-order valence-electron chi connectivity index (χ3n) is 8.31. The molecule has 7 rings (SSSR count). The molecule has 3 aliphatic rings. The number of likely N-dealkylation sites (tertiary alicyclic amines) is 1. The average molecular weight is 551 g/mol. The summed E-state index contributed by atoms with van der Waals surface area (Å²) in [6.07, 6.45) is 3.37. The highest BCUT2D eigenvalue weighted by atomic mass is 35.5. The van der Waals surface area contributed by atoms with Gasteiger partial charge in [-0.15, -0.1) is 0 Å². The Bertz CT molecular complexity index is 1550. The van der Waals surface area contributed by atoms with E-state index in [1.54, 1.807) is 12.3 Å². The van der Waals surface area contributed by atoms with Crippen LogP contribution in [0.1, 0.15) is 19.3 Å². The van der Waals surface area contributed by atoms with Crippen LogP contribution in [0.4, 0.5) is 14.6 Å². The summed E-state index contributed by atoms with van der Waals surface area (Å²) >= 11 is 6.55. The van der Waals surface area contributed by atoms with Gasteiger partial charge >= 0.3 is 6.01 Å². The molecule has 3 saturated heterocycles. The van der Waals surface area contributed by atoms with Crippen molar-refractivity contribution in [1.82, 2.24) is 25.2 Å². The summed E-state index contributed by atoms with van der Waals surface area (Å²) in [5, 5.41) is 6.33. The topological polar surface area (TPSA) is 66.4 Å². The number of hydrogen-bond donors (Lipinski definition) is 1. The van der Waals surface area contributed by atoms with Crippen LogP contribution in [-0.4, -0.2) is 77.4 Å². The van der Waals surface area contributed by atoms with E-state index in [0.29, 0.717) is 46.8 Å². The molecule has 0 spiro atoms. The predicted octanol–water partition coefficient (Wildman–Crippen LogP) is 5.00. The lowest BCUT2D eigenvalue weighted by atomic mass is 10.0. The molecule has 0 radical (unpaired) electrons. The normalized spacial score (nSPS) is 25.2. The summed E-state index contributed by atoms with van der Waals surface area (Å²) in [4.78, 5) is 18.0. The average Bonchev–Trinajstić information content (AvgIpc) is 3.45. The van der Waals surface area contributed by atoms with Crippen LogP contribution in [0.5, 0.6) is 6.01 Å². The van der Waals surface area contributed by atoms with Gasteiger partial charge in [-0.1, -0.05) is 41.9 Å². The Morgan fingerprint density at radius 2 is 1.85 bits per heavy atom. The highest BCUT2D eigenvalue weighted by Gasteiger charge is 2.35. The molecule has 2 aromatic heterocycles. The first-order valence-corrected chi connectivity index (χ1v) is 13.8. The maximum Gasteiger partial charge on any atom is 0.319 e. The van der Waals surface area contributed by atoms with Crippen LogP contribution in [0.25, 0.3) is 32.9 Å². The highest BCUT2D eigenvalue weighted by Crippen LogP contribution is 2.38. The van der Waals surface area contributed by atoms with Crippen molar-refractivity contribution < 1.29 is 13.5 Å². The second-order valence-corrected chi connectivity index (χ2v) is 11.3. The first-order valence-electron chi connectivity index (χ1n) is 13.5. The number of ether oxygens (including phenoxy) is 1. The second-order valence-electron chi connectivity index (χ2n) is 10.9. The Hall–Kier alpha value is -3.14. The maximum absolute atomic E-state index is 16.4. The van der Waals surface area contributed by atoms with E-state index in [0.717, 1.165) is 36.7 Å². The van der Waals surface area contributed by atoms with Gasteiger partial charge < -0.3 is 15.0 Å². The number of piperazine rings is 1. The second kappa shape index (κ2) is 9.80. The Kier molecular flexibility index (Phi) is 6.25. The van der Waals surface area contributed by atoms with Gasteiger partial charge in [-0.2, -0.15) is 9.97 Å². The minimum Gasteiger partial charge on any atom is -0.462 e. The number of nitrogens with zero attached hydrogens (tertiary/aromatic N) is 5. The van der Waals surface area contributed by atoms with Crippen LogP contribution in [0.15, 0.2) is 42.6 Å². The van der Waals surface area contributed by atoms with Crippen LogP contribution >= 0.6 is 11.6 Å². The molecule has 0 saturated carbocycles. The quantitative estimate of drug-likeness (QED) is 0.375. The number of rotatable bonds is 5. The third kappa shape index (κ3) is 4.46. The molecule has 10 heteroatoms. The third-order valence-corrected chi connectivity index (χ3v) is 8.63. The molecule has 1 N–H and O–H groups in total. The lowest BCUT2D eigenvalue weighted by Crippen LogP contribution is -2.51. The van der Waals surface area contributed by atoms with Crippen molar-refractivity contribution in [3.63, 3.8) is 0 Å². The summed E-state index contributed by atoms with van der Waals surface area (Å²) in [5.74, 6) is 0.0683. The van der Waals surface area contributed by atoms with Crippen molar-refractivity contribution in [2.45, 2.75) is 43.6 Å². The van der Waals surface area contributed by atoms with Crippen molar-refractivity contribution in [3.05, 3.63) is 53.4 Å². The first-order chi connectivity index (χ1) is 18.9. The molecular weight excluding hydrogens is 522 g/mol. The molecule has 2 unspecified atom stereocenters. The number of alkyl halides is 1. The molecule has 4 atom stereocenters. The Morgan fingerprint density at radius 1 is 1.08 bits per heavy atom. The SMILES string of the molecule is CN1C[C@H](F)C[C@H]1COc1nc(N2CC3CCC(C2)N3)c2cnc(-c3cccc4cccc(Cl)c34)c(F)c2n1. The Labute approximate surface area is 230 Å². The van der Waals surface area contributed by atoms with Gasteiger partial charge in [0.05, 0.1) is 5.39 Å². The predicted molar refractivity (Wildman–Crippen MR) is 149 cm³/mol. The maximum atomic E-state index is 16.4. The molecule has 0 amide bonds.